The van der Waals surface area contributed by atoms with Gasteiger partial charge in [-0.15, -0.1) is 0 Å². The van der Waals surface area contributed by atoms with Gasteiger partial charge in [0.15, 0.2) is 25.2 Å². The highest BCUT2D eigenvalue weighted by atomic mass is 16.8. The van der Waals surface area contributed by atoms with Gasteiger partial charge in [-0.3, -0.25) is 24.6 Å². The first-order chi connectivity index (χ1) is 37.2. The van der Waals surface area contributed by atoms with Crippen LogP contribution >= 0.6 is 0 Å². The molecule has 4 amide bonds. The number of aliphatic hydroxyl groups is 13. The Hall–Kier alpha value is -4.11. The van der Waals surface area contributed by atoms with Crippen molar-refractivity contribution in [2.45, 2.75) is 168 Å². The summed E-state index contributed by atoms with van der Waals surface area (Å²) in [4.78, 5) is 65.1. The molecular formula is C47H75N5O26. The van der Waals surface area contributed by atoms with Crippen molar-refractivity contribution in [2.24, 2.45) is 0 Å². The van der Waals surface area contributed by atoms with Crippen LogP contribution in [-0.4, -0.2) is 289 Å². The average molecular weight is 1130 g/mol. The fourth-order valence-electron chi connectivity index (χ4n) is 8.60. The highest BCUT2D eigenvalue weighted by Crippen LogP contribution is 2.31. The topological polar surface area (TPSA) is 474 Å². The van der Waals surface area contributed by atoms with Gasteiger partial charge in [0, 0.05) is 25.9 Å². The van der Waals surface area contributed by atoms with Crippen molar-refractivity contribution in [3.8, 4) is 0 Å². The van der Waals surface area contributed by atoms with Crippen molar-refractivity contribution < 1.29 is 128 Å². The number of ether oxygens (including phenoxy) is 8. The number of aliphatic hydroxyl groups excluding tert-OH is 13. The number of hydrogen-bond acceptors (Lipinski definition) is 27. The minimum Gasteiger partial charge on any atom is -0.394 e. The minimum absolute atomic E-state index is 0.0582. The van der Waals surface area contributed by atoms with E-state index >= 15 is 0 Å². The smallest absolute Gasteiger partial charge is 0.239 e. The van der Waals surface area contributed by atoms with Crippen LogP contribution in [-0.2, 0) is 68.3 Å². The molecule has 444 valence electrons. The first-order valence-electron chi connectivity index (χ1n) is 25.4. The third-order valence-electron chi connectivity index (χ3n) is 13.2. The zero-order chi connectivity index (χ0) is 57.2. The Bertz CT molecular complexity index is 2000. The summed E-state index contributed by atoms with van der Waals surface area (Å²) in [5, 5.41) is 139. The molecule has 4 fully saturated rings. The van der Waals surface area contributed by atoms with Gasteiger partial charge in [-0.1, -0.05) is 30.3 Å². The van der Waals surface area contributed by atoms with Crippen molar-refractivity contribution in [2.75, 3.05) is 59.2 Å². The van der Waals surface area contributed by atoms with Crippen molar-refractivity contribution >= 4 is 29.9 Å². The fraction of sp³-hybridized carbons (Fsp3) is 0.766. The SMILES string of the molecule is C[C@@H]1O[C@@H](OCCNC(=O)CN(CC(=O)NCCO[C@H]2O[C@H](CO[C@H]3O[C@H](CO)[C@@H](O)[C@H](O)[C@@H]3O)[C@@H](O)[C@H](O[C@H]3O[C@H](CO)[C@@H](O)[C@H](O)[C@@H]3O)[C@@H]2O)C(=O)CCCCC(=O)NN[C@H](C=O)Cc2ccccc2)[C@@H](O)[C@H](O)[C@@H]1O. The lowest BCUT2D eigenvalue weighted by Crippen LogP contribution is -2.65. The molecule has 4 aliphatic rings. The summed E-state index contributed by atoms with van der Waals surface area (Å²) in [7, 11) is 0. The second kappa shape index (κ2) is 31.8. The van der Waals surface area contributed by atoms with Crippen molar-refractivity contribution in [3.05, 3.63) is 35.9 Å². The Morgan fingerprint density at radius 3 is 1.65 bits per heavy atom. The first kappa shape index (κ1) is 64.7. The average Bonchev–Trinajstić information content (AvgIpc) is 3.43. The Morgan fingerprint density at radius 1 is 0.590 bits per heavy atom. The third kappa shape index (κ3) is 18.2. The maximum absolute atomic E-state index is 13.5. The number of carbonyl (C=O) groups excluding carboxylic acids is 5. The van der Waals surface area contributed by atoms with Crippen LogP contribution < -0.4 is 21.5 Å². The standard InChI is InChI=1S/C47H75N5O26/c1-22-32(60)36(64)39(67)44(74-22)71-13-11-48-29(57)16-52(31(59)10-6-5-9-28(56)51-50-24(18-53)15-23-7-3-2-4-8-23)17-30(58)49-12-14-72-46-42(70)43(78-47-41(69)38(66)34(62)26(20-55)76-47)35(63)27(77-46)21-73-45-40(68)37(65)33(61)25(19-54)75-45/h2-4,7-8,18,22,24-27,32-47,50,54-55,60-70H,5-6,9-17,19-21H2,1H3,(H,48,57)(H,49,58)(H,51,56)/t22-,24-,25+,26+,27+,32+,33+,34+,35+,36+,37-,38-,39-,40-,41-,42-,43-,44+,45-,46-,47+/m0/s1. The summed E-state index contributed by atoms with van der Waals surface area (Å²) in [6.45, 7) is -3.55. The molecule has 4 saturated heterocycles. The number of nitrogens with one attached hydrogen (secondary N) is 4. The lowest BCUT2D eigenvalue weighted by molar-refractivity contribution is -0.366. The lowest BCUT2D eigenvalue weighted by Gasteiger charge is -2.46. The molecule has 21 atom stereocenters. The molecule has 17 N–H and O–H groups in total. The number of aldehydes is 1. The summed E-state index contributed by atoms with van der Waals surface area (Å²) < 4.78 is 44.2. The zero-order valence-corrected chi connectivity index (χ0v) is 42.6. The molecule has 31 nitrogen and oxygen atoms in total. The van der Waals surface area contributed by atoms with Crippen LogP contribution in [0, 0.1) is 0 Å². The van der Waals surface area contributed by atoms with E-state index < -0.39 is 192 Å². The number of hydrazine groups is 1. The molecule has 0 unspecified atom stereocenters. The Balaban J connectivity index is 1.17. The monoisotopic (exact) mass is 1130 g/mol. The van der Waals surface area contributed by atoms with Crippen LogP contribution in [0.2, 0.25) is 0 Å². The zero-order valence-electron chi connectivity index (χ0n) is 42.6. The molecule has 0 bridgehead atoms. The van der Waals surface area contributed by atoms with Crippen molar-refractivity contribution in [1.29, 1.82) is 0 Å². The largest absolute Gasteiger partial charge is 0.394 e. The summed E-state index contributed by atoms with van der Waals surface area (Å²) in [6, 6.07) is 8.38. The number of amides is 4. The molecule has 0 aromatic heterocycles. The number of rotatable bonds is 29. The minimum atomic E-state index is -1.99. The molecular weight excluding hydrogens is 1050 g/mol. The second-order valence-electron chi connectivity index (χ2n) is 19.1. The van der Waals surface area contributed by atoms with E-state index in [-0.39, 0.29) is 45.4 Å². The van der Waals surface area contributed by atoms with Crippen molar-refractivity contribution in [3.63, 3.8) is 0 Å². The molecule has 31 heteroatoms. The van der Waals surface area contributed by atoms with E-state index in [9.17, 15) is 90.4 Å². The van der Waals surface area contributed by atoms with E-state index in [0.29, 0.717) is 12.7 Å². The number of hydrogen-bond donors (Lipinski definition) is 17. The number of nitrogens with zero attached hydrogens (tertiary/aromatic N) is 1. The molecule has 1 aromatic rings. The quantitative estimate of drug-likeness (QED) is 0.0201. The van der Waals surface area contributed by atoms with Crippen LogP contribution in [0.4, 0.5) is 0 Å². The molecule has 0 aliphatic carbocycles. The predicted molar refractivity (Wildman–Crippen MR) is 256 cm³/mol. The van der Waals surface area contributed by atoms with Crippen LogP contribution in [0.15, 0.2) is 30.3 Å². The van der Waals surface area contributed by atoms with E-state index in [4.69, 9.17) is 37.9 Å². The summed E-state index contributed by atoms with van der Waals surface area (Å²) in [6.07, 6.45) is -32.5. The number of unbranched alkanes of at least 4 members (excludes halogenated alkanes) is 1. The van der Waals surface area contributed by atoms with Gasteiger partial charge in [-0.25, -0.2) is 5.43 Å². The van der Waals surface area contributed by atoms with Gasteiger partial charge in [-0.05, 0) is 31.7 Å². The Labute approximate surface area is 446 Å². The van der Waals surface area contributed by atoms with E-state index in [0.717, 1.165) is 10.5 Å². The van der Waals surface area contributed by atoms with E-state index in [1.165, 1.54) is 6.92 Å². The number of carbonyl (C=O) groups is 5. The fourth-order valence-corrected chi connectivity index (χ4v) is 8.60. The highest BCUT2D eigenvalue weighted by Gasteiger charge is 2.52. The maximum atomic E-state index is 13.5. The summed E-state index contributed by atoms with van der Waals surface area (Å²) >= 11 is 0. The number of benzene rings is 1. The van der Waals surface area contributed by atoms with Crippen molar-refractivity contribution in [1.82, 2.24) is 26.4 Å². The normalized spacial score (nSPS) is 35.5. The Kier molecular flexibility index (Phi) is 26.4. The van der Waals surface area contributed by atoms with Gasteiger partial charge in [0.05, 0.1) is 45.2 Å². The third-order valence-corrected chi connectivity index (χ3v) is 13.2. The second-order valence-corrected chi connectivity index (χ2v) is 19.1. The van der Waals surface area contributed by atoms with E-state index in [2.05, 4.69) is 21.5 Å². The highest BCUT2D eigenvalue weighted by molar-refractivity contribution is 5.89. The molecule has 1 aromatic carbocycles. The van der Waals surface area contributed by atoms with Gasteiger partial charge >= 0.3 is 0 Å². The van der Waals surface area contributed by atoms with Crippen LogP contribution in [0.25, 0.3) is 0 Å². The Morgan fingerprint density at radius 2 is 1.09 bits per heavy atom. The molecule has 78 heavy (non-hydrogen) atoms. The summed E-state index contributed by atoms with van der Waals surface area (Å²) in [5.74, 6) is -2.71. The van der Waals surface area contributed by atoms with Gasteiger partial charge in [0.25, 0.3) is 0 Å². The van der Waals surface area contributed by atoms with Crippen LogP contribution in [0.5, 0.6) is 0 Å². The molecule has 4 aliphatic heterocycles. The van der Waals surface area contributed by atoms with Crippen LogP contribution in [0.1, 0.15) is 38.2 Å². The van der Waals surface area contributed by atoms with Gasteiger partial charge in [0.1, 0.15) is 111 Å². The first-order valence-corrected chi connectivity index (χ1v) is 25.4. The predicted octanol–water partition coefficient (Wildman–Crippen LogP) is -9.65. The molecule has 4 heterocycles. The van der Waals surface area contributed by atoms with Gasteiger partial charge in [0.2, 0.25) is 23.6 Å². The lowest BCUT2D eigenvalue weighted by atomic mass is 9.96. The maximum Gasteiger partial charge on any atom is 0.239 e. The van der Waals surface area contributed by atoms with E-state index in [1.54, 1.807) is 0 Å². The van der Waals surface area contributed by atoms with Crippen LogP contribution in [0.3, 0.4) is 0 Å². The summed E-state index contributed by atoms with van der Waals surface area (Å²) in [5.41, 5.74) is 6.00. The van der Waals surface area contributed by atoms with Gasteiger partial charge in [-0.2, -0.15) is 0 Å². The van der Waals surface area contributed by atoms with Gasteiger partial charge < -0.3 is 125 Å². The molecule has 0 saturated carbocycles. The van der Waals surface area contributed by atoms with E-state index in [1.807, 2.05) is 30.3 Å². The molecule has 0 spiro atoms. The molecule has 0 radical (unpaired) electrons. The molecule has 5 rings (SSSR count).